The molecule has 0 fully saturated rings. The fourth-order valence-corrected chi connectivity index (χ4v) is 6.01. The van der Waals surface area contributed by atoms with Crippen LogP contribution in [0.5, 0.6) is 0 Å². The first-order valence-corrected chi connectivity index (χ1v) is 9.04. The van der Waals surface area contributed by atoms with Crippen molar-refractivity contribution in [1.82, 2.24) is 0 Å². The summed E-state index contributed by atoms with van der Waals surface area (Å²) in [5.41, 5.74) is 0. The molecule has 0 saturated carbocycles. The van der Waals surface area contributed by atoms with Crippen LogP contribution in [0.3, 0.4) is 0 Å². The van der Waals surface area contributed by atoms with Crippen LogP contribution in [0.4, 0.5) is 0 Å². The van der Waals surface area contributed by atoms with Gasteiger partial charge in [-0.05, 0) is 25.7 Å². The molecule has 0 aliphatic rings. The molecule has 0 aliphatic heterocycles. The van der Waals surface area contributed by atoms with Crippen LogP contribution >= 0.6 is 0 Å². The van der Waals surface area contributed by atoms with Crippen LogP contribution in [0.1, 0.15) is 13.3 Å². The summed E-state index contributed by atoms with van der Waals surface area (Å²) in [5.74, 6) is 0. The van der Waals surface area contributed by atoms with E-state index in [2.05, 4.69) is 26.6 Å². The molecule has 3 heteroatoms. The van der Waals surface area contributed by atoms with Gasteiger partial charge in [0, 0.05) is 0 Å². The maximum Gasteiger partial charge on any atom is 0.159 e. The van der Waals surface area contributed by atoms with Crippen LogP contribution in [0.2, 0.25) is 25.7 Å². The highest BCUT2D eigenvalue weighted by molar-refractivity contribution is 6.63. The molecule has 1 atom stereocenters. The molecule has 0 aliphatic carbocycles. The van der Waals surface area contributed by atoms with Gasteiger partial charge in [-0.2, -0.15) is 0 Å². The highest BCUT2D eigenvalue weighted by atomic mass is 28.4. The van der Waals surface area contributed by atoms with E-state index in [0.29, 0.717) is 0 Å². The van der Waals surface area contributed by atoms with Crippen molar-refractivity contribution in [3.05, 3.63) is 0 Å². The molecular formula is C6H18OSi2. The molecular weight excluding hydrogens is 144 g/mol. The van der Waals surface area contributed by atoms with Crippen LogP contribution in [0.25, 0.3) is 0 Å². The highest BCUT2D eigenvalue weighted by Gasteiger charge is 2.04. The predicted octanol–water partition coefficient (Wildman–Crippen LogP) is 1.75. The van der Waals surface area contributed by atoms with Gasteiger partial charge < -0.3 is 4.12 Å². The van der Waals surface area contributed by atoms with Crippen molar-refractivity contribution >= 4 is 18.1 Å². The maximum atomic E-state index is 5.77. The normalized spacial score (nSPS) is 14.3. The summed E-state index contributed by atoms with van der Waals surface area (Å²) < 4.78 is 5.77. The Morgan fingerprint density at radius 1 is 1.22 bits per heavy atom. The molecule has 0 amide bonds. The molecule has 0 saturated heterocycles. The first kappa shape index (κ1) is 9.39. The Labute approximate surface area is 61.9 Å². The minimum absolute atomic E-state index is 0.698. The zero-order valence-electron chi connectivity index (χ0n) is 6.98. The van der Waals surface area contributed by atoms with Gasteiger partial charge in [0.25, 0.3) is 0 Å². The van der Waals surface area contributed by atoms with E-state index in [9.17, 15) is 0 Å². The average molecular weight is 162 g/mol. The summed E-state index contributed by atoms with van der Waals surface area (Å²) >= 11 is 0. The van der Waals surface area contributed by atoms with Crippen molar-refractivity contribution in [2.45, 2.75) is 39.0 Å². The van der Waals surface area contributed by atoms with E-state index in [1.807, 2.05) is 0 Å². The lowest BCUT2D eigenvalue weighted by Gasteiger charge is -2.12. The Kier molecular flexibility index (Phi) is 5.43. The smallest absolute Gasteiger partial charge is 0.159 e. The number of rotatable bonds is 4. The first-order chi connectivity index (χ1) is 4.16. The zero-order chi connectivity index (χ0) is 7.28. The maximum absolute atomic E-state index is 5.77. The molecule has 0 spiro atoms. The van der Waals surface area contributed by atoms with Gasteiger partial charge in [0.2, 0.25) is 0 Å². The van der Waals surface area contributed by atoms with Crippen molar-refractivity contribution in [2.24, 2.45) is 0 Å². The van der Waals surface area contributed by atoms with E-state index in [1.54, 1.807) is 0 Å². The van der Waals surface area contributed by atoms with Gasteiger partial charge in [-0.25, -0.2) is 0 Å². The summed E-state index contributed by atoms with van der Waals surface area (Å²) in [7, 11) is -1.40. The molecule has 0 radical (unpaired) electrons. The van der Waals surface area contributed by atoms with Crippen molar-refractivity contribution in [1.29, 1.82) is 0 Å². The largest absolute Gasteiger partial charge is 0.461 e. The molecule has 0 N–H and O–H groups in total. The van der Waals surface area contributed by atoms with Crippen LogP contribution in [0.15, 0.2) is 0 Å². The minimum Gasteiger partial charge on any atom is -0.461 e. The predicted molar refractivity (Wildman–Crippen MR) is 48.1 cm³/mol. The summed E-state index contributed by atoms with van der Waals surface area (Å²) in [6.45, 7) is 9.03. The molecule has 1 unspecified atom stereocenters. The first-order valence-electron chi connectivity index (χ1n) is 3.82. The molecule has 0 aromatic heterocycles. The second-order valence-electron chi connectivity index (χ2n) is 2.78. The Morgan fingerprint density at radius 3 is 2.11 bits per heavy atom. The number of hydrogen-bond acceptors (Lipinski definition) is 1. The molecule has 0 aromatic rings. The second-order valence-corrected chi connectivity index (χ2v) is 8.17. The summed E-state index contributed by atoms with van der Waals surface area (Å²) in [6, 6.07) is 1.35. The van der Waals surface area contributed by atoms with Crippen molar-refractivity contribution in [3.8, 4) is 0 Å². The van der Waals surface area contributed by atoms with E-state index < -0.39 is 18.1 Å². The van der Waals surface area contributed by atoms with Gasteiger partial charge >= 0.3 is 0 Å². The lowest BCUT2D eigenvalue weighted by molar-refractivity contribution is 0.595. The molecule has 0 heterocycles. The Bertz CT molecular complexity index is 66.1. The van der Waals surface area contributed by atoms with Crippen LogP contribution < -0.4 is 0 Å². The van der Waals surface area contributed by atoms with E-state index in [-0.39, 0.29) is 0 Å². The van der Waals surface area contributed by atoms with E-state index in [4.69, 9.17) is 4.12 Å². The van der Waals surface area contributed by atoms with Gasteiger partial charge in [-0.15, -0.1) is 0 Å². The Morgan fingerprint density at radius 2 is 1.78 bits per heavy atom. The minimum atomic E-state index is -0.698. The van der Waals surface area contributed by atoms with Gasteiger partial charge in [0.05, 0.1) is 0 Å². The molecule has 56 valence electrons. The molecule has 9 heavy (non-hydrogen) atoms. The van der Waals surface area contributed by atoms with Crippen LogP contribution in [0, 0.1) is 0 Å². The number of hydrogen-bond donors (Lipinski definition) is 0. The second kappa shape index (κ2) is 5.20. The third kappa shape index (κ3) is 6.28. The quantitative estimate of drug-likeness (QED) is 0.572. The molecule has 0 bridgehead atoms. The van der Waals surface area contributed by atoms with E-state index >= 15 is 0 Å². The summed E-state index contributed by atoms with van der Waals surface area (Å²) in [4.78, 5) is 0. The van der Waals surface area contributed by atoms with Gasteiger partial charge in [0.1, 0.15) is 0 Å². The topological polar surface area (TPSA) is 9.23 Å². The van der Waals surface area contributed by atoms with Crippen LogP contribution in [-0.4, -0.2) is 18.1 Å². The fraction of sp³-hybridized carbons (Fsp3) is 1.00. The zero-order valence-corrected chi connectivity index (χ0v) is 9.29. The van der Waals surface area contributed by atoms with Gasteiger partial charge in [-0.1, -0.05) is 13.3 Å². The van der Waals surface area contributed by atoms with Crippen molar-refractivity contribution in [2.75, 3.05) is 0 Å². The Balaban J connectivity index is 3.15. The molecule has 1 nitrogen and oxygen atoms in total. The van der Waals surface area contributed by atoms with E-state index in [1.165, 1.54) is 12.5 Å². The standard InChI is InChI=1S/C6H18OSi2/c1-5-6-9(4)7-8(2)3/h8-9H,5-6H2,1-4H3. The lowest BCUT2D eigenvalue weighted by Crippen LogP contribution is -2.20. The van der Waals surface area contributed by atoms with Gasteiger partial charge in [0.15, 0.2) is 18.1 Å². The summed E-state index contributed by atoms with van der Waals surface area (Å²) in [6.07, 6.45) is 1.30. The molecule has 0 aromatic carbocycles. The lowest BCUT2D eigenvalue weighted by atomic mass is 10.6. The fourth-order valence-electron chi connectivity index (χ4n) is 0.939. The van der Waals surface area contributed by atoms with Crippen molar-refractivity contribution in [3.63, 3.8) is 0 Å². The highest BCUT2D eigenvalue weighted by Crippen LogP contribution is 1.99. The third-order valence-electron chi connectivity index (χ3n) is 1.20. The van der Waals surface area contributed by atoms with Gasteiger partial charge in [-0.3, -0.25) is 0 Å². The van der Waals surface area contributed by atoms with Crippen molar-refractivity contribution < 1.29 is 4.12 Å². The Hall–Kier alpha value is 0.394. The monoisotopic (exact) mass is 162 g/mol. The summed E-state index contributed by atoms with van der Waals surface area (Å²) in [5, 5.41) is 0. The van der Waals surface area contributed by atoms with Crippen LogP contribution in [-0.2, 0) is 4.12 Å². The average Bonchev–Trinajstić information content (AvgIpc) is 1.63. The molecule has 0 rings (SSSR count). The van der Waals surface area contributed by atoms with E-state index in [0.717, 1.165) is 0 Å². The third-order valence-corrected chi connectivity index (χ3v) is 6.63. The SMILES string of the molecule is CCC[SiH](C)O[SiH](C)C.